The minimum absolute atomic E-state index is 0.388. The Labute approximate surface area is 96.9 Å². The Morgan fingerprint density at radius 3 is 1.62 bits per heavy atom. The molecule has 0 fully saturated rings. The highest BCUT2D eigenvalue weighted by molar-refractivity contribution is 5.58. The van der Waals surface area contributed by atoms with Gasteiger partial charge in [-0.15, -0.1) is 0 Å². The summed E-state index contributed by atoms with van der Waals surface area (Å²) in [4.78, 5) is 28.7. The van der Waals surface area contributed by atoms with Gasteiger partial charge in [0, 0.05) is 0 Å². The third-order valence-corrected chi connectivity index (χ3v) is 1.92. The van der Waals surface area contributed by atoms with Crippen LogP contribution in [0.3, 0.4) is 0 Å². The molecule has 16 heavy (non-hydrogen) atoms. The molecule has 0 aliphatic rings. The van der Waals surface area contributed by atoms with Crippen LogP contribution in [-0.4, -0.2) is 19.4 Å². The van der Waals surface area contributed by atoms with E-state index in [9.17, 15) is 4.79 Å². The number of carbonyl (C=O) groups excluding carboxylic acids is 1. The Kier molecular flexibility index (Phi) is 11.6. The van der Waals surface area contributed by atoms with Crippen LogP contribution in [0.25, 0.3) is 0 Å². The molecule has 0 amide bonds. The fraction of sp³-hybridized carbons (Fsp3) is 0.909. The van der Waals surface area contributed by atoms with Gasteiger partial charge in [-0.2, -0.15) is 14.6 Å². The molecule has 5 heteroatoms. The zero-order valence-electron chi connectivity index (χ0n) is 10.2. The quantitative estimate of drug-likeness (QED) is 0.329. The SMILES string of the molecule is CCCCCOOC(=O)OOCCCCC. The minimum Gasteiger partial charge on any atom is -0.257 e. The predicted octanol–water partition coefficient (Wildman–Crippen LogP) is 3.38. The van der Waals surface area contributed by atoms with Crippen LogP contribution in [0.2, 0.25) is 0 Å². The van der Waals surface area contributed by atoms with Crippen molar-refractivity contribution in [2.45, 2.75) is 52.4 Å². The van der Waals surface area contributed by atoms with Crippen molar-refractivity contribution in [3.05, 3.63) is 0 Å². The van der Waals surface area contributed by atoms with Gasteiger partial charge in [-0.3, -0.25) is 9.78 Å². The molecule has 0 atom stereocenters. The van der Waals surface area contributed by atoms with E-state index in [0.717, 1.165) is 38.5 Å². The summed E-state index contributed by atoms with van der Waals surface area (Å²) in [7, 11) is 0. The molecule has 0 bridgehead atoms. The molecule has 0 saturated heterocycles. The largest absolute Gasteiger partial charge is 0.573 e. The van der Waals surface area contributed by atoms with Gasteiger partial charge in [0.25, 0.3) is 0 Å². The van der Waals surface area contributed by atoms with Gasteiger partial charge in [0.2, 0.25) is 0 Å². The molecular weight excluding hydrogens is 212 g/mol. The lowest BCUT2D eigenvalue weighted by Gasteiger charge is -2.03. The summed E-state index contributed by atoms with van der Waals surface area (Å²) in [5.41, 5.74) is 0. The first-order chi connectivity index (χ1) is 7.81. The molecule has 0 N–H and O–H groups in total. The second-order valence-corrected chi connectivity index (χ2v) is 3.47. The number of rotatable bonds is 10. The predicted molar refractivity (Wildman–Crippen MR) is 58.5 cm³/mol. The van der Waals surface area contributed by atoms with Gasteiger partial charge >= 0.3 is 6.16 Å². The first kappa shape index (κ1) is 15.2. The molecule has 0 aromatic heterocycles. The fourth-order valence-corrected chi connectivity index (χ4v) is 1.02. The molecule has 0 aromatic carbocycles. The Balaban J connectivity index is 3.12. The van der Waals surface area contributed by atoms with E-state index < -0.39 is 6.16 Å². The van der Waals surface area contributed by atoms with Crippen molar-refractivity contribution in [2.24, 2.45) is 0 Å². The maximum Gasteiger partial charge on any atom is 0.573 e. The lowest BCUT2D eigenvalue weighted by Crippen LogP contribution is -2.10. The van der Waals surface area contributed by atoms with Crippen molar-refractivity contribution in [1.82, 2.24) is 0 Å². The van der Waals surface area contributed by atoms with Crippen LogP contribution in [0.15, 0.2) is 0 Å². The van der Waals surface area contributed by atoms with Gasteiger partial charge in [-0.05, 0) is 12.8 Å². The van der Waals surface area contributed by atoms with Crippen molar-refractivity contribution in [2.75, 3.05) is 13.2 Å². The van der Waals surface area contributed by atoms with E-state index in [4.69, 9.17) is 0 Å². The van der Waals surface area contributed by atoms with Crippen molar-refractivity contribution in [3.8, 4) is 0 Å². The molecule has 0 aromatic rings. The van der Waals surface area contributed by atoms with Gasteiger partial charge in [0.15, 0.2) is 0 Å². The van der Waals surface area contributed by atoms with Crippen molar-refractivity contribution < 1.29 is 24.3 Å². The lowest BCUT2D eigenvalue weighted by atomic mass is 10.3. The Morgan fingerprint density at radius 1 is 0.812 bits per heavy atom. The zero-order chi connectivity index (χ0) is 12.1. The molecule has 0 saturated carbocycles. The first-order valence-corrected chi connectivity index (χ1v) is 5.94. The average Bonchev–Trinajstić information content (AvgIpc) is 2.28. The van der Waals surface area contributed by atoms with E-state index in [1.807, 2.05) is 0 Å². The summed E-state index contributed by atoms with van der Waals surface area (Å²) in [6.45, 7) is 4.94. The molecule has 0 rings (SSSR count). The van der Waals surface area contributed by atoms with Gasteiger partial charge < -0.3 is 0 Å². The number of unbranched alkanes of at least 4 members (excludes halogenated alkanes) is 4. The van der Waals surface area contributed by atoms with Crippen LogP contribution in [0.4, 0.5) is 4.79 Å². The minimum atomic E-state index is -0.951. The van der Waals surface area contributed by atoms with Gasteiger partial charge in [-0.1, -0.05) is 39.5 Å². The maximum absolute atomic E-state index is 10.8. The van der Waals surface area contributed by atoms with Crippen LogP contribution < -0.4 is 0 Å². The lowest BCUT2D eigenvalue weighted by molar-refractivity contribution is -0.319. The monoisotopic (exact) mass is 234 g/mol. The molecule has 96 valence electrons. The number of hydrogen-bond acceptors (Lipinski definition) is 5. The second kappa shape index (κ2) is 12.3. The molecule has 0 heterocycles. The van der Waals surface area contributed by atoms with E-state index in [2.05, 4.69) is 33.4 Å². The molecule has 5 nitrogen and oxygen atoms in total. The molecule has 0 aliphatic heterocycles. The average molecular weight is 234 g/mol. The number of hydrogen-bond donors (Lipinski definition) is 0. The molecule has 0 unspecified atom stereocenters. The second-order valence-electron chi connectivity index (χ2n) is 3.47. The topological polar surface area (TPSA) is 54.0 Å². The first-order valence-electron chi connectivity index (χ1n) is 5.94. The zero-order valence-corrected chi connectivity index (χ0v) is 10.2. The summed E-state index contributed by atoms with van der Waals surface area (Å²) < 4.78 is 0. The smallest absolute Gasteiger partial charge is 0.257 e. The third-order valence-electron chi connectivity index (χ3n) is 1.92. The van der Waals surface area contributed by atoms with Gasteiger partial charge in [0.05, 0.1) is 13.2 Å². The van der Waals surface area contributed by atoms with Crippen molar-refractivity contribution in [3.63, 3.8) is 0 Å². The summed E-state index contributed by atoms with van der Waals surface area (Å²) in [5, 5.41) is 0. The Bertz CT molecular complexity index is 144. The van der Waals surface area contributed by atoms with Crippen LogP contribution in [0, 0.1) is 0 Å². The van der Waals surface area contributed by atoms with E-state index in [0.29, 0.717) is 13.2 Å². The van der Waals surface area contributed by atoms with E-state index in [-0.39, 0.29) is 0 Å². The summed E-state index contributed by atoms with van der Waals surface area (Å²) in [6.07, 6.45) is 5.05. The van der Waals surface area contributed by atoms with Crippen molar-refractivity contribution in [1.29, 1.82) is 0 Å². The van der Waals surface area contributed by atoms with E-state index in [1.165, 1.54) is 0 Å². The fourth-order valence-electron chi connectivity index (χ4n) is 1.02. The number of carbonyl (C=O) groups is 1. The highest BCUT2D eigenvalue weighted by atomic mass is 17.3. The van der Waals surface area contributed by atoms with Crippen LogP contribution in [-0.2, 0) is 19.6 Å². The summed E-state index contributed by atoms with van der Waals surface area (Å²) in [5.74, 6) is 0. The maximum atomic E-state index is 10.8. The third kappa shape index (κ3) is 11.3. The Hall–Kier alpha value is -0.810. The van der Waals surface area contributed by atoms with Crippen LogP contribution in [0.1, 0.15) is 52.4 Å². The summed E-state index contributed by atoms with van der Waals surface area (Å²) >= 11 is 0. The van der Waals surface area contributed by atoms with Crippen LogP contribution >= 0.6 is 0 Å². The highest BCUT2D eigenvalue weighted by Crippen LogP contribution is 1.98. The van der Waals surface area contributed by atoms with Gasteiger partial charge in [0.1, 0.15) is 0 Å². The van der Waals surface area contributed by atoms with E-state index in [1.54, 1.807) is 0 Å². The molecule has 0 spiro atoms. The molecule has 0 aliphatic carbocycles. The standard InChI is InChI=1S/C11H22O5/c1-3-5-7-9-13-15-11(12)16-14-10-8-6-4-2/h3-10H2,1-2H3. The van der Waals surface area contributed by atoms with Crippen molar-refractivity contribution >= 4 is 6.16 Å². The summed E-state index contributed by atoms with van der Waals surface area (Å²) in [6, 6.07) is 0. The molecule has 0 radical (unpaired) electrons. The van der Waals surface area contributed by atoms with Gasteiger partial charge in [-0.25, -0.2) is 0 Å². The molecular formula is C11H22O5. The normalized spacial score (nSPS) is 10.1. The van der Waals surface area contributed by atoms with E-state index >= 15 is 0 Å². The van der Waals surface area contributed by atoms with Crippen LogP contribution in [0.5, 0.6) is 0 Å². The Morgan fingerprint density at radius 2 is 1.25 bits per heavy atom. The highest BCUT2D eigenvalue weighted by Gasteiger charge is 2.05.